The van der Waals surface area contributed by atoms with Crippen molar-refractivity contribution in [2.75, 3.05) is 0 Å². The minimum absolute atomic E-state index is 0.0327. The van der Waals surface area contributed by atoms with E-state index in [4.69, 9.17) is 4.74 Å². The number of carbonyl (C=O) groups is 2. The van der Waals surface area contributed by atoms with Crippen molar-refractivity contribution in [2.24, 2.45) is 0 Å². The summed E-state index contributed by atoms with van der Waals surface area (Å²) in [5.74, 6) is -1.25. The van der Waals surface area contributed by atoms with Crippen molar-refractivity contribution in [1.29, 1.82) is 0 Å². The third kappa shape index (κ3) is 4.99. The number of aromatic amines is 1. The van der Waals surface area contributed by atoms with E-state index in [-0.39, 0.29) is 18.6 Å². The second-order valence-electron chi connectivity index (χ2n) is 4.83. The van der Waals surface area contributed by atoms with Gasteiger partial charge in [-0.1, -0.05) is 36.4 Å². The fourth-order valence-electron chi connectivity index (χ4n) is 1.94. The maximum absolute atomic E-state index is 11.7. The number of carbonyl (C=O) groups excluding carboxylic acids is 1. The monoisotopic (exact) mass is 316 g/mol. The van der Waals surface area contributed by atoms with E-state index in [1.165, 1.54) is 12.3 Å². The summed E-state index contributed by atoms with van der Waals surface area (Å²) in [5.41, 5.74) is 0.662. The Morgan fingerprint density at radius 1 is 1.17 bits per heavy atom. The summed E-state index contributed by atoms with van der Waals surface area (Å²) in [6, 6.07) is 10.9. The molecule has 0 aliphatic heterocycles. The van der Waals surface area contributed by atoms with Crippen molar-refractivity contribution in [2.45, 2.75) is 19.1 Å². The van der Waals surface area contributed by atoms with Crippen LogP contribution in [0, 0.1) is 0 Å². The molecule has 7 nitrogen and oxygen atoms in total. The molecule has 2 rings (SSSR count). The molecule has 1 amide bonds. The van der Waals surface area contributed by atoms with Gasteiger partial charge in [0.2, 0.25) is 0 Å². The summed E-state index contributed by atoms with van der Waals surface area (Å²) >= 11 is 0. The van der Waals surface area contributed by atoms with E-state index in [1.54, 1.807) is 30.3 Å². The van der Waals surface area contributed by atoms with Crippen LogP contribution in [0.15, 0.2) is 53.5 Å². The smallest absolute Gasteiger partial charge is 0.408 e. The van der Waals surface area contributed by atoms with Gasteiger partial charge in [0.05, 0.1) is 0 Å². The molecule has 1 unspecified atom stereocenters. The number of H-pyrrole nitrogens is 1. The highest BCUT2D eigenvalue weighted by Gasteiger charge is 2.22. The lowest BCUT2D eigenvalue weighted by Gasteiger charge is -2.14. The maximum Gasteiger partial charge on any atom is 0.408 e. The first-order valence-corrected chi connectivity index (χ1v) is 6.93. The van der Waals surface area contributed by atoms with Crippen LogP contribution >= 0.6 is 0 Å². The van der Waals surface area contributed by atoms with Crippen LogP contribution in [0.5, 0.6) is 0 Å². The Kier molecular flexibility index (Phi) is 5.51. The van der Waals surface area contributed by atoms with E-state index in [1.807, 2.05) is 6.07 Å². The molecular formula is C16H16N2O5. The van der Waals surface area contributed by atoms with Crippen LogP contribution in [-0.4, -0.2) is 28.2 Å². The summed E-state index contributed by atoms with van der Waals surface area (Å²) in [5, 5.41) is 11.4. The van der Waals surface area contributed by atoms with E-state index >= 15 is 0 Å². The number of hydrogen-bond donors (Lipinski definition) is 3. The Bertz CT molecular complexity index is 727. The SMILES string of the molecule is O=C(NC(Cc1ccc[nH]c1=O)C(=O)O)OCc1ccccc1. The number of nitrogens with one attached hydrogen (secondary N) is 2. The largest absolute Gasteiger partial charge is 0.480 e. The Balaban J connectivity index is 1.94. The molecule has 0 fully saturated rings. The summed E-state index contributed by atoms with van der Waals surface area (Å²) in [6.07, 6.45) is 0.461. The number of carboxylic acid groups (broad SMARTS) is 1. The van der Waals surface area contributed by atoms with Gasteiger partial charge < -0.3 is 20.1 Å². The molecule has 0 aliphatic rings. The lowest BCUT2D eigenvalue weighted by atomic mass is 10.1. The molecule has 1 atom stereocenters. The fraction of sp³-hybridized carbons (Fsp3) is 0.188. The molecule has 0 bridgehead atoms. The second kappa shape index (κ2) is 7.79. The minimum Gasteiger partial charge on any atom is -0.480 e. The maximum atomic E-state index is 11.7. The van der Waals surface area contributed by atoms with Gasteiger partial charge in [0, 0.05) is 18.2 Å². The number of rotatable bonds is 6. The van der Waals surface area contributed by atoms with Crippen molar-refractivity contribution >= 4 is 12.1 Å². The first-order valence-electron chi connectivity index (χ1n) is 6.93. The molecule has 120 valence electrons. The number of hydrogen-bond acceptors (Lipinski definition) is 4. The van der Waals surface area contributed by atoms with Gasteiger partial charge >= 0.3 is 12.1 Å². The van der Waals surface area contributed by atoms with E-state index < -0.39 is 23.7 Å². The zero-order chi connectivity index (χ0) is 16.7. The standard InChI is InChI=1S/C16H16N2O5/c19-14-12(7-4-8-17-14)9-13(15(20)21)18-16(22)23-10-11-5-2-1-3-6-11/h1-8,13H,9-10H2,(H,17,19)(H,18,22)(H,20,21). The first-order chi connectivity index (χ1) is 11.1. The molecule has 0 radical (unpaired) electrons. The number of aliphatic carboxylic acids is 1. The Labute approximate surface area is 131 Å². The van der Waals surface area contributed by atoms with Gasteiger partial charge in [-0.05, 0) is 11.6 Å². The lowest BCUT2D eigenvalue weighted by molar-refractivity contribution is -0.139. The molecule has 0 saturated heterocycles. The Morgan fingerprint density at radius 2 is 1.91 bits per heavy atom. The minimum atomic E-state index is -1.25. The molecule has 1 aromatic carbocycles. The summed E-state index contributed by atoms with van der Waals surface area (Å²) in [7, 11) is 0. The van der Waals surface area contributed by atoms with E-state index in [9.17, 15) is 19.5 Å². The molecule has 0 saturated carbocycles. The number of amides is 1. The van der Waals surface area contributed by atoms with Crippen molar-refractivity contribution in [3.63, 3.8) is 0 Å². The molecule has 7 heteroatoms. The van der Waals surface area contributed by atoms with Gasteiger partial charge in [-0.2, -0.15) is 0 Å². The van der Waals surface area contributed by atoms with Gasteiger partial charge in [0.25, 0.3) is 5.56 Å². The average Bonchev–Trinajstić information content (AvgIpc) is 2.55. The normalized spacial score (nSPS) is 11.5. The van der Waals surface area contributed by atoms with Crippen LogP contribution in [0.1, 0.15) is 11.1 Å². The second-order valence-corrected chi connectivity index (χ2v) is 4.83. The highest BCUT2D eigenvalue weighted by Crippen LogP contribution is 2.02. The molecule has 1 aromatic heterocycles. The molecule has 3 N–H and O–H groups in total. The topological polar surface area (TPSA) is 108 Å². The number of pyridine rings is 1. The van der Waals surface area contributed by atoms with Crippen molar-refractivity contribution in [3.05, 3.63) is 70.1 Å². The van der Waals surface area contributed by atoms with Crippen molar-refractivity contribution < 1.29 is 19.4 Å². The Hall–Kier alpha value is -3.09. The van der Waals surface area contributed by atoms with Crippen LogP contribution in [0.3, 0.4) is 0 Å². The van der Waals surface area contributed by atoms with E-state index in [0.717, 1.165) is 5.56 Å². The number of alkyl carbamates (subject to hydrolysis) is 1. The average molecular weight is 316 g/mol. The van der Waals surface area contributed by atoms with Gasteiger partial charge in [0.1, 0.15) is 12.6 Å². The van der Waals surface area contributed by atoms with Crippen molar-refractivity contribution in [3.8, 4) is 0 Å². The van der Waals surface area contributed by atoms with Gasteiger partial charge in [-0.25, -0.2) is 9.59 Å². The molecule has 0 spiro atoms. The van der Waals surface area contributed by atoms with Crippen LogP contribution in [-0.2, 0) is 22.6 Å². The highest BCUT2D eigenvalue weighted by molar-refractivity contribution is 5.80. The number of ether oxygens (including phenoxy) is 1. The van der Waals surface area contributed by atoms with E-state index in [2.05, 4.69) is 10.3 Å². The fourth-order valence-corrected chi connectivity index (χ4v) is 1.94. The quantitative estimate of drug-likeness (QED) is 0.744. The molecular weight excluding hydrogens is 300 g/mol. The molecule has 0 aliphatic carbocycles. The number of aromatic nitrogens is 1. The number of carboxylic acids is 1. The van der Waals surface area contributed by atoms with Gasteiger partial charge in [-0.3, -0.25) is 4.79 Å². The van der Waals surface area contributed by atoms with Crippen molar-refractivity contribution in [1.82, 2.24) is 10.3 Å². The van der Waals surface area contributed by atoms with Crippen LogP contribution < -0.4 is 10.9 Å². The van der Waals surface area contributed by atoms with Gasteiger partial charge in [-0.15, -0.1) is 0 Å². The Morgan fingerprint density at radius 3 is 2.57 bits per heavy atom. The third-order valence-corrected chi connectivity index (χ3v) is 3.13. The van der Waals surface area contributed by atoms with Crippen LogP contribution in [0.25, 0.3) is 0 Å². The predicted octanol–water partition coefficient (Wildman–Crippen LogP) is 1.30. The summed E-state index contributed by atoms with van der Waals surface area (Å²) in [4.78, 5) is 37.0. The predicted molar refractivity (Wildman–Crippen MR) is 82.0 cm³/mol. The zero-order valence-electron chi connectivity index (χ0n) is 12.2. The number of benzene rings is 1. The summed E-state index contributed by atoms with van der Waals surface area (Å²) in [6.45, 7) is 0.0327. The van der Waals surface area contributed by atoms with E-state index in [0.29, 0.717) is 0 Å². The molecule has 2 aromatic rings. The van der Waals surface area contributed by atoms with Crippen LogP contribution in [0.2, 0.25) is 0 Å². The molecule has 1 heterocycles. The third-order valence-electron chi connectivity index (χ3n) is 3.13. The first kappa shape index (κ1) is 16.3. The zero-order valence-corrected chi connectivity index (χ0v) is 12.2. The van der Waals surface area contributed by atoms with Gasteiger partial charge in [0.15, 0.2) is 0 Å². The summed E-state index contributed by atoms with van der Waals surface area (Å²) < 4.78 is 4.98. The lowest BCUT2D eigenvalue weighted by Crippen LogP contribution is -2.43. The van der Waals surface area contributed by atoms with Crippen LogP contribution in [0.4, 0.5) is 4.79 Å². The highest BCUT2D eigenvalue weighted by atomic mass is 16.5. The molecule has 23 heavy (non-hydrogen) atoms.